The van der Waals surface area contributed by atoms with Gasteiger partial charge in [-0.25, -0.2) is 0 Å². The molecule has 0 heterocycles. The Morgan fingerprint density at radius 2 is 1.56 bits per heavy atom. The molecule has 0 aromatic rings. The van der Waals surface area contributed by atoms with E-state index >= 15 is 0 Å². The molecule has 3 aliphatic rings. The Kier molecular flexibility index (Phi) is 3.74. The minimum atomic E-state index is 1.01. The van der Waals surface area contributed by atoms with Crippen LogP contribution in [0.2, 0.25) is 0 Å². The summed E-state index contributed by atoms with van der Waals surface area (Å²) in [6.45, 7) is 7.55. The first-order chi connectivity index (χ1) is 8.66. The SMILES string of the molecule is CC(CC(C1CCC1)C1CC(C)C1C)C1CCC1. The first-order valence-corrected chi connectivity index (χ1v) is 8.66. The molecule has 3 saturated carbocycles. The highest BCUT2D eigenvalue weighted by molar-refractivity contribution is 4.94. The molecule has 0 aliphatic heterocycles. The average molecular weight is 248 g/mol. The van der Waals surface area contributed by atoms with Crippen molar-refractivity contribution >= 4 is 0 Å². The van der Waals surface area contributed by atoms with Crippen LogP contribution in [0.15, 0.2) is 0 Å². The third-order valence-electron chi connectivity index (χ3n) is 7.12. The second kappa shape index (κ2) is 5.17. The van der Waals surface area contributed by atoms with Crippen molar-refractivity contribution in [2.24, 2.45) is 41.4 Å². The average Bonchev–Trinajstić information content (AvgIpc) is 2.19. The Labute approximate surface area is 114 Å². The summed E-state index contributed by atoms with van der Waals surface area (Å²) < 4.78 is 0. The predicted octanol–water partition coefficient (Wildman–Crippen LogP) is 5.52. The van der Waals surface area contributed by atoms with Crippen LogP contribution in [-0.2, 0) is 0 Å². The Balaban J connectivity index is 1.58. The van der Waals surface area contributed by atoms with E-state index in [9.17, 15) is 0 Å². The van der Waals surface area contributed by atoms with Gasteiger partial charge < -0.3 is 0 Å². The summed E-state index contributed by atoms with van der Waals surface area (Å²) in [7, 11) is 0. The molecule has 18 heavy (non-hydrogen) atoms. The predicted molar refractivity (Wildman–Crippen MR) is 78.4 cm³/mol. The molecular weight excluding hydrogens is 216 g/mol. The molecule has 5 atom stereocenters. The Morgan fingerprint density at radius 3 is 1.94 bits per heavy atom. The monoisotopic (exact) mass is 248 g/mol. The first-order valence-electron chi connectivity index (χ1n) is 8.66. The molecule has 0 N–H and O–H groups in total. The zero-order chi connectivity index (χ0) is 12.7. The molecule has 3 fully saturated rings. The van der Waals surface area contributed by atoms with E-state index < -0.39 is 0 Å². The lowest BCUT2D eigenvalue weighted by Gasteiger charge is -2.51. The van der Waals surface area contributed by atoms with Crippen LogP contribution >= 0.6 is 0 Å². The second-order valence-electron chi connectivity index (χ2n) is 7.99. The van der Waals surface area contributed by atoms with Crippen LogP contribution in [0, 0.1) is 41.4 Å². The van der Waals surface area contributed by atoms with Crippen LogP contribution in [0.1, 0.15) is 72.1 Å². The van der Waals surface area contributed by atoms with Gasteiger partial charge in [0.05, 0.1) is 0 Å². The van der Waals surface area contributed by atoms with Crippen molar-refractivity contribution in [3.63, 3.8) is 0 Å². The molecule has 0 amide bonds. The molecule has 0 bridgehead atoms. The van der Waals surface area contributed by atoms with Gasteiger partial charge in [-0.2, -0.15) is 0 Å². The summed E-state index contributed by atoms with van der Waals surface area (Å²) >= 11 is 0. The van der Waals surface area contributed by atoms with Crippen molar-refractivity contribution in [3.05, 3.63) is 0 Å². The van der Waals surface area contributed by atoms with Gasteiger partial charge in [-0.15, -0.1) is 0 Å². The minimum absolute atomic E-state index is 1.01. The van der Waals surface area contributed by atoms with Crippen LogP contribution < -0.4 is 0 Å². The van der Waals surface area contributed by atoms with Crippen LogP contribution in [0.5, 0.6) is 0 Å². The number of hydrogen-bond acceptors (Lipinski definition) is 0. The maximum absolute atomic E-state index is 2.56. The highest BCUT2D eigenvalue weighted by atomic mass is 14.5. The largest absolute Gasteiger partial charge is 0.0622 e. The molecule has 5 unspecified atom stereocenters. The molecule has 0 heteroatoms. The molecule has 0 nitrogen and oxygen atoms in total. The summed E-state index contributed by atoms with van der Waals surface area (Å²) in [5.74, 6) is 7.45. The molecule has 0 radical (unpaired) electrons. The lowest BCUT2D eigenvalue weighted by Crippen LogP contribution is -2.43. The van der Waals surface area contributed by atoms with E-state index in [1.54, 1.807) is 25.7 Å². The van der Waals surface area contributed by atoms with Crippen LogP contribution in [0.3, 0.4) is 0 Å². The molecule has 0 spiro atoms. The van der Waals surface area contributed by atoms with Crippen LogP contribution in [-0.4, -0.2) is 0 Å². The summed E-state index contributed by atoms with van der Waals surface area (Å²) in [4.78, 5) is 0. The first kappa shape index (κ1) is 13.0. The Morgan fingerprint density at radius 1 is 0.944 bits per heavy atom. The summed E-state index contributed by atoms with van der Waals surface area (Å²) in [5, 5.41) is 0. The maximum Gasteiger partial charge on any atom is -0.0352 e. The lowest BCUT2D eigenvalue weighted by atomic mass is 9.54. The van der Waals surface area contributed by atoms with Crippen molar-refractivity contribution in [1.29, 1.82) is 0 Å². The van der Waals surface area contributed by atoms with Gasteiger partial charge in [0.1, 0.15) is 0 Å². The minimum Gasteiger partial charge on any atom is -0.0622 e. The fourth-order valence-corrected chi connectivity index (χ4v) is 4.86. The molecule has 104 valence electrons. The standard InChI is InChI=1S/C18H32/c1-12-10-17(14(12)3)18(16-8-5-9-16)11-13(2)15-6-4-7-15/h12-18H,4-11H2,1-3H3. The second-order valence-corrected chi connectivity index (χ2v) is 7.99. The summed E-state index contributed by atoms with van der Waals surface area (Å²) in [6, 6.07) is 0. The zero-order valence-corrected chi connectivity index (χ0v) is 12.7. The number of rotatable bonds is 5. The van der Waals surface area contributed by atoms with Gasteiger partial charge in [0.2, 0.25) is 0 Å². The molecular formula is C18H32. The zero-order valence-electron chi connectivity index (χ0n) is 12.7. The van der Waals surface area contributed by atoms with Gasteiger partial charge in [-0.3, -0.25) is 0 Å². The van der Waals surface area contributed by atoms with Crippen molar-refractivity contribution in [3.8, 4) is 0 Å². The number of hydrogen-bond donors (Lipinski definition) is 0. The molecule has 3 rings (SSSR count). The summed E-state index contributed by atoms with van der Waals surface area (Å²) in [5.41, 5.74) is 0. The third-order valence-corrected chi connectivity index (χ3v) is 7.12. The van der Waals surface area contributed by atoms with E-state index in [-0.39, 0.29) is 0 Å². The topological polar surface area (TPSA) is 0 Å². The molecule has 0 aromatic carbocycles. The lowest BCUT2D eigenvalue weighted by molar-refractivity contribution is -0.0175. The fraction of sp³-hybridized carbons (Fsp3) is 1.00. The van der Waals surface area contributed by atoms with Gasteiger partial charge >= 0.3 is 0 Å². The van der Waals surface area contributed by atoms with E-state index in [0.29, 0.717) is 0 Å². The van der Waals surface area contributed by atoms with Crippen LogP contribution in [0.25, 0.3) is 0 Å². The summed E-state index contributed by atoms with van der Waals surface area (Å²) in [6.07, 6.45) is 12.3. The highest BCUT2D eigenvalue weighted by Crippen LogP contribution is 2.53. The van der Waals surface area contributed by atoms with Gasteiger partial charge in [-0.05, 0) is 54.3 Å². The van der Waals surface area contributed by atoms with Crippen molar-refractivity contribution in [2.45, 2.75) is 72.1 Å². The van der Waals surface area contributed by atoms with Gasteiger partial charge in [0.15, 0.2) is 0 Å². The van der Waals surface area contributed by atoms with Crippen molar-refractivity contribution in [2.75, 3.05) is 0 Å². The molecule has 3 aliphatic carbocycles. The molecule has 0 saturated heterocycles. The van der Waals surface area contributed by atoms with Gasteiger partial charge in [0, 0.05) is 0 Å². The fourth-order valence-electron chi connectivity index (χ4n) is 4.86. The quantitative estimate of drug-likeness (QED) is 0.601. The van der Waals surface area contributed by atoms with E-state index in [0.717, 1.165) is 41.4 Å². The van der Waals surface area contributed by atoms with Crippen LogP contribution in [0.4, 0.5) is 0 Å². The Hall–Kier alpha value is 0. The van der Waals surface area contributed by atoms with Crippen molar-refractivity contribution in [1.82, 2.24) is 0 Å². The smallest absolute Gasteiger partial charge is 0.0352 e. The molecule has 0 aromatic heterocycles. The van der Waals surface area contributed by atoms with E-state index in [1.165, 1.54) is 25.7 Å². The van der Waals surface area contributed by atoms with Gasteiger partial charge in [0.25, 0.3) is 0 Å². The Bertz CT molecular complexity index is 274. The van der Waals surface area contributed by atoms with E-state index in [2.05, 4.69) is 20.8 Å². The normalized spacial score (nSPS) is 40.5. The maximum atomic E-state index is 2.56. The van der Waals surface area contributed by atoms with Gasteiger partial charge in [-0.1, -0.05) is 59.3 Å². The third kappa shape index (κ3) is 2.25. The van der Waals surface area contributed by atoms with E-state index in [4.69, 9.17) is 0 Å². The van der Waals surface area contributed by atoms with Crippen molar-refractivity contribution < 1.29 is 0 Å². The van der Waals surface area contributed by atoms with E-state index in [1.807, 2.05) is 0 Å². The highest BCUT2D eigenvalue weighted by Gasteiger charge is 2.44.